The lowest BCUT2D eigenvalue weighted by Gasteiger charge is -2.16. The molecule has 1 aromatic rings. The summed E-state index contributed by atoms with van der Waals surface area (Å²) in [5.41, 5.74) is 1.36. The fourth-order valence-corrected chi connectivity index (χ4v) is 1.53. The van der Waals surface area contributed by atoms with Crippen molar-refractivity contribution in [3.63, 3.8) is 0 Å². The minimum Gasteiger partial charge on any atom is -0.347 e. The molecule has 0 aliphatic carbocycles. The lowest BCUT2D eigenvalue weighted by atomic mass is 10.1. The van der Waals surface area contributed by atoms with Crippen molar-refractivity contribution in [3.8, 4) is 0 Å². The molecule has 2 heterocycles. The summed E-state index contributed by atoms with van der Waals surface area (Å²) in [7, 11) is 0. The molecule has 0 bridgehead atoms. The van der Waals surface area contributed by atoms with Crippen LogP contribution in [-0.4, -0.2) is 23.7 Å². The number of carbonyl (C=O) groups is 1. The summed E-state index contributed by atoms with van der Waals surface area (Å²) >= 11 is 0. The van der Waals surface area contributed by atoms with Crippen molar-refractivity contribution in [2.24, 2.45) is 0 Å². The molecule has 4 nitrogen and oxygen atoms in total. The number of hydrogen-bond donors (Lipinski definition) is 0. The van der Waals surface area contributed by atoms with Gasteiger partial charge in [0.2, 0.25) is 0 Å². The van der Waals surface area contributed by atoms with Crippen LogP contribution in [0.4, 0.5) is 0 Å². The second-order valence-electron chi connectivity index (χ2n) is 3.95. The molecular weight excluding hydrogens is 194 g/mol. The third-order valence-corrected chi connectivity index (χ3v) is 2.31. The van der Waals surface area contributed by atoms with E-state index < -0.39 is 5.79 Å². The Morgan fingerprint density at radius 3 is 2.80 bits per heavy atom. The van der Waals surface area contributed by atoms with Gasteiger partial charge in [0.1, 0.15) is 11.8 Å². The maximum absolute atomic E-state index is 10.4. The molecule has 0 spiro atoms. The first-order valence-corrected chi connectivity index (χ1v) is 4.84. The normalized spacial score (nSPS) is 24.0. The van der Waals surface area contributed by atoms with Gasteiger partial charge < -0.3 is 9.47 Å². The third kappa shape index (κ3) is 2.22. The summed E-state index contributed by atoms with van der Waals surface area (Å²) in [5, 5.41) is 0. The Morgan fingerprint density at radius 1 is 1.53 bits per heavy atom. The Morgan fingerprint density at radius 2 is 2.33 bits per heavy atom. The molecule has 1 aliphatic rings. The first kappa shape index (κ1) is 10.3. The van der Waals surface area contributed by atoms with E-state index in [9.17, 15) is 4.79 Å². The van der Waals surface area contributed by atoms with Gasteiger partial charge in [-0.15, -0.1) is 0 Å². The van der Waals surface area contributed by atoms with Gasteiger partial charge in [-0.05, 0) is 19.9 Å². The minimum atomic E-state index is -0.534. The quantitative estimate of drug-likeness (QED) is 0.693. The van der Waals surface area contributed by atoms with Crippen molar-refractivity contribution in [1.82, 2.24) is 4.98 Å². The molecule has 80 valence electrons. The number of rotatable bonds is 2. The van der Waals surface area contributed by atoms with Gasteiger partial charge in [0, 0.05) is 11.8 Å². The van der Waals surface area contributed by atoms with Gasteiger partial charge >= 0.3 is 0 Å². The summed E-state index contributed by atoms with van der Waals surface area (Å²) in [6.07, 6.45) is 2.28. The van der Waals surface area contributed by atoms with Crippen LogP contribution in [0.25, 0.3) is 0 Å². The second kappa shape index (κ2) is 3.72. The average molecular weight is 207 g/mol. The number of pyridine rings is 1. The third-order valence-electron chi connectivity index (χ3n) is 2.31. The number of aromatic nitrogens is 1. The van der Waals surface area contributed by atoms with Gasteiger partial charge in [-0.2, -0.15) is 0 Å². The van der Waals surface area contributed by atoms with E-state index in [0.717, 1.165) is 11.8 Å². The molecule has 0 amide bonds. The van der Waals surface area contributed by atoms with E-state index in [-0.39, 0.29) is 6.10 Å². The van der Waals surface area contributed by atoms with Crippen LogP contribution in [-0.2, 0) is 9.47 Å². The predicted molar refractivity (Wildman–Crippen MR) is 53.5 cm³/mol. The van der Waals surface area contributed by atoms with Gasteiger partial charge in [-0.1, -0.05) is 6.07 Å². The first-order valence-electron chi connectivity index (χ1n) is 4.84. The first-order chi connectivity index (χ1) is 7.11. The van der Waals surface area contributed by atoms with Gasteiger partial charge in [0.05, 0.1) is 6.61 Å². The Kier molecular flexibility index (Phi) is 2.54. The number of hydrogen-bond acceptors (Lipinski definition) is 4. The molecule has 0 N–H and O–H groups in total. The lowest BCUT2D eigenvalue weighted by molar-refractivity contribution is -0.139. The maximum Gasteiger partial charge on any atom is 0.168 e. The van der Waals surface area contributed by atoms with E-state index in [1.54, 1.807) is 12.3 Å². The molecule has 1 atom stereocenters. The van der Waals surface area contributed by atoms with E-state index in [0.29, 0.717) is 12.3 Å². The number of aldehydes is 1. The molecule has 2 rings (SSSR count). The fourth-order valence-electron chi connectivity index (χ4n) is 1.53. The molecule has 1 fully saturated rings. The second-order valence-corrected chi connectivity index (χ2v) is 3.95. The minimum absolute atomic E-state index is 0.0896. The highest BCUT2D eigenvalue weighted by molar-refractivity contribution is 5.71. The highest BCUT2D eigenvalue weighted by atomic mass is 16.7. The zero-order valence-corrected chi connectivity index (χ0v) is 8.77. The van der Waals surface area contributed by atoms with Crippen LogP contribution in [0.2, 0.25) is 0 Å². The van der Waals surface area contributed by atoms with Crippen LogP contribution in [0, 0.1) is 0 Å². The summed E-state index contributed by atoms with van der Waals surface area (Å²) in [5.74, 6) is -0.534. The number of carbonyl (C=O) groups excluding carboxylic acids is 1. The highest BCUT2D eigenvalue weighted by Crippen LogP contribution is 2.32. The van der Waals surface area contributed by atoms with Gasteiger partial charge in [0.15, 0.2) is 12.1 Å². The zero-order chi connectivity index (χ0) is 10.9. The van der Waals surface area contributed by atoms with E-state index in [4.69, 9.17) is 9.47 Å². The van der Waals surface area contributed by atoms with Crippen LogP contribution in [0.3, 0.4) is 0 Å². The monoisotopic (exact) mass is 207 g/mol. The predicted octanol–water partition coefficient (Wildman–Crippen LogP) is 1.72. The van der Waals surface area contributed by atoms with Crippen molar-refractivity contribution in [2.45, 2.75) is 25.7 Å². The van der Waals surface area contributed by atoms with E-state index >= 15 is 0 Å². The molecule has 4 heteroatoms. The van der Waals surface area contributed by atoms with Crippen LogP contribution in [0.5, 0.6) is 0 Å². The molecule has 1 aromatic heterocycles. The summed E-state index contributed by atoms with van der Waals surface area (Å²) in [4.78, 5) is 14.4. The molecule has 15 heavy (non-hydrogen) atoms. The van der Waals surface area contributed by atoms with Crippen molar-refractivity contribution >= 4 is 6.29 Å². The standard InChI is InChI=1S/C11H13NO3/c1-11(2)14-7-10(15-11)8-3-4-9(6-13)12-5-8/h3-6,10H,7H2,1-2H3/t10-/m1/s1. The largest absolute Gasteiger partial charge is 0.347 e. The molecule has 0 unspecified atom stereocenters. The molecular formula is C11H13NO3. The number of ether oxygens (including phenoxy) is 2. The van der Waals surface area contributed by atoms with E-state index in [2.05, 4.69) is 4.98 Å². The van der Waals surface area contributed by atoms with E-state index in [1.165, 1.54) is 0 Å². The van der Waals surface area contributed by atoms with Crippen LogP contribution in [0.15, 0.2) is 18.3 Å². The van der Waals surface area contributed by atoms with Crippen molar-refractivity contribution in [2.75, 3.05) is 6.61 Å². The number of nitrogens with zero attached hydrogens (tertiary/aromatic N) is 1. The Labute approximate surface area is 88.2 Å². The van der Waals surface area contributed by atoms with Crippen LogP contribution in [0.1, 0.15) is 36.0 Å². The van der Waals surface area contributed by atoms with Gasteiger partial charge in [-0.3, -0.25) is 9.78 Å². The summed E-state index contributed by atoms with van der Waals surface area (Å²) < 4.78 is 11.1. The Balaban J connectivity index is 2.14. The van der Waals surface area contributed by atoms with Gasteiger partial charge in [0.25, 0.3) is 0 Å². The van der Waals surface area contributed by atoms with Crippen LogP contribution >= 0.6 is 0 Å². The van der Waals surface area contributed by atoms with Gasteiger partial charge in [-0.25, -0.2) is 0 Å². The Hall–Kier alpha value is -1.26. The fraction of sp³-hybridized carbons (Fsp3) is 0.455. The highest BCUT2D eigenvalue weighted by Gasteiger charge is 2.33. The molecule has 0 radical (unpaired) electrons. The SMILES string of the molecule is CC1(C)OC[C@H](c2ccc(C=O)nc2)O1. The zero-order valence-electron chi connectivity index (χ0n) is 8.77. The summed E-state index contributed by atoms with van der Waals surface area (Å²) in [6, 6.07) is 3.52. The van der Waals surface area contributed by atoms with E-state index in [1.807, 2.05) is 19.9 Å². The van der Waals surface area contributed by atoms with Crippen LogP contribution < -0.4 is 0 Å². The van der Waals surface area contributed by atoms with Crippen molar-refractivity contribution in [1.29, 1.82) is 0 Å². The average Bonchev–Trinajstić information content (AvgIpc) is 2.59. The Bertz CT molecular complexity index is 359. The van der Waals surface area contributed by atoms with Crippen molar-refractivity contribution in [3.05, 3.63) is 29.6 Å². The topological polar surface area (TPSA) is 48.4 Å². The molecule has 1 aliphatic heterocycles. The summed E-state index contributed by atoms with van der Waals surface area (Å²) in [6.45, 7) is 4.27. The van der Waals surface area contributed by atoms with Crippen molar-refractivity contribution < 1.29 is 14.3 Å². The smallest absolute Gasteiger partial charge is 0.168 e. The maximum atomic E-state index is 10.4. The lowest BCUT2D eigenvalue weighted by Crippen LogP contribution is -2.19. The molecule has 0 saturated carbocycles. The molecule has 0 aromatic carbocycles. The molecule has 1 saturated heterocycles.